The summed E-state index contributed by atoms with van der Waals surface area (Å²) in [5, 5.41) is 0. The molecule has 0 bridgehead atoms. The van der Waals surface area contributed by atoms with Gasteiger partial charge >= 0.3 is 11.9 Å². The van der Waals surface area contributed by atoms with Crippen LogP contribution in [0.1, 0.15) is 201 Å². The number of carbonyl (C=O) groups is 3. The van der Waals surface area contributed by atoms with Crippen LogP contribution >= 0.6 is 0 Å². The Balaban J connectivity index is -0.00000165. The van der Waals surface area contributed by atoms with Gasteiger partial charge in [0.05, 0.1) is 40.5 Å². The lowest BCUT2D eigenvalue weighted by atomic mass is 10.1. The quantitative estimate of drug-likeness (QED) is 0.0211. The third-order valence-electron chi connectivity index (χ3n) is 9.50. The summed E-state index contributed by atoms with van der Waals surface area (Å²) in [5.41, 5.74) is 2.75. The maximum Gasteiger partial charge on any atom is 0.305 e. The first kappa shape index (κ1) is 58.8. The number of esters is 2. The van der Waals surface area contributed by atoms with Crippen molar-refractivity contribution in [2.24, 2.45) is 0 Å². The van der Waals surface area contributed by atoms with Crippen molar-refractivity contribution in [3.8, 4) is 0 Å². The first-order valence-corrected chi connectivity index (χ1v) is 24.7. The highest BCUT2D eigenvalue weighted by molar-refractivity contribution is 7.85. The summed E-state index contributed by atoms with van der Waals surface area (Å²) in [6.45, 7) is 5.79. The van der Waals surface area contributed by atoms with Crippen molar-refractivity contribution in [2.45, 2.75) is 201 Å². The molecule has 0 heterocycles. The van der Waals surface area contributed by atoms with Gasteiger partial charge in [0.1, 0.15) is 13.2 Å². The number of nitrogens with zero attached hydrogens (tertiary/aromatic N) is 2. The normalized spacial score (nSPS) is 11.8. The zero-order valence-corrected chi connectivity index (χ0v) is 39.0. The lowest BCUT2D eigenvalue weighted by molar-refractivity contribution is -0.862. The Bertz CT molecular complexity index is 1080. The van der Waals surface area contributed by atoms with E-state index in [4.69, 9.17) is 16.9 Å². The molecule has 0 radical (unpaired) electrons. The first-order chi connectivity index (χ1) is 28.6. The summed E-state index contributed by atoms with van der Waals surface area (Å²) in [7, 11) is 2.24. The number of amides is 1. The third kappa shape index (κ3) is 57.9. The minimum absolute atomic E-state index is 0. The molecule has 0 aliphatic heterocycles. The molecule has 0 aromatic carbocycles. The molecule has 0 rings (SSSR count). The van der Waals surface area contributed by atoms with Crippen molar-refractivity contribution in [1.29, 1.82) is 2.86 Å². The van der Waals surface area contributed by atoms with Crippen LogP contribution in [0, 0.1) is 0 Å². The SMILES string of the molecule is C.CCCCCCCC/C=C\CCCCCCCC(=O)OCCN(CCOC(=O)CCCCCCC/C=C\CCCCCCCC)C(=O)C[N+](C)(C)C.CS(=O)(=O)O.[2H]O[2H]. The molecule has 0 fully saturated rings. The summed E-state index contributed by atoms with van der Waals surface area (Å²) >= 11 is 0. The van der Waals surface area contributed by atoms with E-state index in [1.807, 2.05) is 21.1 Å². The van der Waals surface area contributed by atoms with Crippen LogP contribution in [0.4, 0.5) is 0 Å². The number of hydrogen-bond donors (Lipinski definition) is 1. The Kier molecular flexibility index (Phi) is 45.1. The Labute approximate surface area is 367 Å². The zero-order valence-electron chi connectivity index (χ0n) is 40.2. The molecule has 0 unspecified atom stereocenters. The van der Waals surface area contributed by atoms with Gasteiger partial charge < -0.3 is 24.3 Å². The average Bonchev–Trinajstić information content (AvgIpc) is 3.16. The summed E-state index contributed by atoms with van der Waals surface area (Å²) in [4.78, 5) is 39.3. The monoisotopic (exact) mass is 866 g/mol. The van der Waals surface area contributed by atoms with Crippen LogP contribution in [-0.4, -0.2) is 109 Å². The Morgan fingerprint density at radius 1 is 0.593 bits per heavy atom. The smallest absolute Gasteiger partial charge is 0.305 e. The first-order valence-electron chi connectivity index (χ1n) is 23.6. The van der Waals surface area contributed by atoms with Crippen molar-refractivity contribution < 1.29 is 46.8 Å². The standard InChI is InChI=1S/C45H85N2O5.CH4O3S.CH4.H2O/c1-6-8-10-12-14-16-18-20-22-24-26-28-30-32-34-36-44(49)51-40-38-46(43(48)42-47(3,4)5)39-41-52-45(50)37-35-33-31-29-27-25-23-21-19-17-15-13-11-9-7-2;1-5(2,3)4;;/h20-23H,6-19,24-42H2,1-5H3;1H3,(H,2,3,4);1H4;1H2/q+1;;;/b22-20-,23-21-;;;/i/hD2. The molecule has 0 spiro atoms. The molecule has 11 nitrogen and oxygen atoms in total. The molecule has 0 aromatic rings. The van der Waals surface area contributed by atoms with Gasteiger partial charge in [-0.1, -0.05) is 148 Å². The predicted octanol–water partition coefficient (Wildman–Crippen LogP) is 11.0. The van der Waals surface area contributed by atoms with Crippen molar-refractivity contribution in [3.05, 3.63) is 24.3 Å². The second kappa shape index (κ2) is 45.3. The highest BCUT2D eigenvalue weighted by Crippen LogP contribution is 2.12. The third-order valence-corrected chi connectivity index (χ3v) is 9.50. The summed E-state index contributed by atoms with van der Waals surface area (Å²) in [5.74, 6) is -0.444. The Morgan fingerprint density at radius 3 is 1.15 bits per heavy atom. The van der Waals surface area contributed by atoms with E-state index in [2.05, 4.69) is 43.6 Å². The number of hydrogen-bond acceptors (Lipinski definition) is 7. The average molecular weight is 866 g/mol. The van der Waals surface area contributed by atoms with Crippen LogP contribution < -0.4 is 0 Å². The molecule has 59 heavy (non-hydrogen) atoms. The number of unbranched alkanes of at least 4 members (excludes halogenated alkanes) is 22. The highest BCUT2D eigenvalue weighted by Gasteiger charge is 2.21. The number of allylic oxidation sites excluding steroid dienone is 4. The number of quaternary nitrogens is 1. The Morgan fingerprint density at radius 2 is 0.864 bits per heavy atom. The maximum atomic E-state index is 13.0. The largest absolute Gasteiger partial charge is 0.464 e. The van der Waals surface area contributed by atoms with Crippen LogP contribution in [0.15, 0.2) is 24.3 Å². The lowest BCUT2D eigenvalue weighted by Gasteiger charge is -2.28. The molecule has 0 atom stereocenters. The predicted molar refractivity (Wildman–Crippen MR) is 248 cm³/mol. The molecular weight excluding hydrogens is 769 g/mol. The molecule has 1 amide bonds. The summed E-state index contributed by atoms with van der Waals surface area (Å²) < 4.78 is 48.1. The van der Waals surface area contributed by atoms with E-state index < -0.39 is 10.1 Å². The lowest BCUT2D eigenvalue weighted by Crippen LogP contribution is -2.48. The fourth-order valence-electron chi connectivity index (χ4n) is 6.23. The zero-order chi connectivity index (χ0) is 45.6. The molecule has 12 heteroatoms. The number of ether oxygens (including phenoxy) is 2. The molecule has 3 N–H and O–H groups in total. The molecule has 0 saturated carbocycles. The van der Waals surface area contributed by atoms with Crippen molar-refractivity contribution in [2.75, 3.05) is 60.2 Å². The van der Waals surface area contributed by atoms with Crippen molar-refractivity contribution in [3.63, 3.8) is 0 Å². The second-order valence-electron chi connectivity index (χ2n) is 16.7. The minimum atomic E-state index is -3.67. The molecule has 352 valence electrons. The van der Waals surface area contributed by atoms with E-state index >= 15 is 0 Å². The van der Waals surface area contributed by atoms with Gasteiger partial charge in [0.15, 0.2) is 6.54 Å². The second-order valence-corrected chi connectivity index (χ2v) is 18.1. The molecule has 0 aliphatic rings. The number of carbonyl (C=O) groups excluding carboxylic acids is 3. The topological polar surface area (TPSA) is 159 Å². The fourth-order valence-corrected chi connectivity index (χ4v) is 6.23. The van der Waals surface area contributed by atoms with Gasteiger partial charge in [0.25, 0.3) is 16.0 Å². The summed E-state index contributed by atoms with van der Waals surface area (Å²) in [6.07, 6.45) is 42.7. The van der Waals surface area contributed by atoms with Gasteiger partial charge in [-0.05, 0) is 64.2 Å². The van der Waals surface area contributed by atoms with Gasteiger partial charge in [0, 0.05) is 12.8 Å². The van der Waals surface area contributed by atoms with Gasteiger partial charge in [-0.25, -0.2) is 0 Å². The van der Waals surface area contributed by atoms with Gasteiger partial charge in [-0.2, -0.15) is 8.42 Å². The fraction of sp³-hybridized carbons (Fsp3) is 0.851. The summed E-state index contributed by atoms with van der Waals surface area (Å²) in [6, 6.07) is 0. The van der Waals surface area contributed by atoms with Crippen molar-refractivity contribution in [1.82, 2.24) is 4.90 Å². The van der Waals surface area contributed by atoms with Gasteiger partial charge in [-0.3, -0.25) is 18.9 Å². The van der Waals surface area contributed by atoms with Crippen LogP contribution in [0.5, 0.6) is 0 Å². The Hall–Kier alpha value is -2.28. The molecule has 0 saturated heterocycles. The van der Waals surface area contributed by atoms with Crippen LogP contribution in [0.3, 0.4) is 0 Å². The van der Waals surface area contributed by atoms with Crippen LogP contribution in [-0.2, 0) is 34.0 Å². The van der Waals surface area contributed by atoms with Crippen LogP contribution in [0.2, 0.25) is 0 Å². The van der Waals surface area contributed by atoms with Crippen LogP contribution in [0.25, 0.3) is 0 Å². The van der Waals surface area contributed by atoms with E-state index in [0.29, 0.717) is 43.2 Å². The van der Waals surface area contributed by atoms with E-state index in [0.717, 1.165) is 51.4 Å². The maximum absolute atomic E-state index is 13.0. The highest BCUT2D eigenvalue weighted by atomic mass is 32.2. The van der Waals surface area contributed by atoms with Crippen molar-refractivity contribution >= 4 is 28.0 Å². The number of likely N-dealkylation sites (N-methyl/N-ethyl adjacent to an activating group) is 1. The van der Waals surface area contributed by atoms with E-state index in [-0.39, 0.29) is 38.5 Å². The molecular formula is C47H95N2O9S+. The van der Waals surface area contributed by atoms with E-state index in [1.54, 1.807) is 4.90 Å². The minimum Gasteiger partial charge on any atom is -0.464 e. The van der Waals surface area contributed by atoms with E-state index in [1.165, 1.54) is 116 Å². The molecule has 0 aromatic heterocycles. The number of rotatable bonds is 38. The van der Waals surface area contributed by atoms with Gasteiger partial charge in [0.2, 0.25) is 2.86 Å². The molecule has 0 aliphatic carbocycles. The van der Waals surface area contributed by atoms with E-state index in [9.17, 15) is 22.8 Å². The van der Waals surface area contributed by atoms with Gasteiger partial charge in [-0.15, -0.1) is 0 Å².